The molecule has 132 valence electrons. The van der Waals surface area contributed by atoms with E-state index in [0.717, 1.165) is 10.6 Å². The lowest BCUT2D eigenvalue weighted by Crippen LogP contribution is -2.06. The molecule has 1 heterocycles. The van der Waals surface area contributed by atoms with Crippen molar-refractivity contribution in [2.45, 2.75) is 6.92 Å². The molecule has 26 heavy (non-hydrogen) atoms. The Morgan fingerprint density at radius 1 is 1.23 bits per heavy atom. The molecule has 0 aliphatic carbocycles. The van der Waals surface area contributed by atoms with Crippen LogP contribution < -0.4 is 10.6 Å². The molecule has 0 saturated carbocycles. The summed E-state index contributed by atoms with van der Waals surface area (Å²) in [7, 11) is 0. The molecule has 3 aromatic rings. The summed E-state index contributed by atoms with van der Waals surface area (Å²) in [5.74, 6) is -0.207. The first-order valence-corrected chi connectivity index (χ1v) is 9.13. The molecular formula is C17H13BrN4O3S. The Morgan fingerprint density at radius 3 is 2.65 bits per heavy atom. The first-order valence-electron chi connectivity index (χ1n) is 7.46. The molecule has 7 nitrogen and oxygen atoms in total. The Labute approximate surface area is 161 Å². The highest BCUT2D eigenvalue weighted by Crippen LogP contribution is 2.34. The summed E-state index contributed by atoms with van der Waals surface area (Å²) >= 11 is 4.70. The van der Waals surface area contributed by atoms with E-state index in [1.807, 2.05) is 11.4 Å². The minimum absolute atomic E-state index is 0.0555. The van der Waals surface area contributed by atoms with Crippen molar-refractivity contribution in [1.29, 1.82) is 0 Å². The minimum Gasteiger partial charge on any atom is -0.350 e. The number of anilines is 3. The Hall–Kier alpha value is -2.78. The number of rotatable bonds is 5. The third-order valence-electron chi connectivity index (χ3n) is 3.37. The number of halogens is 1. The summed E-state index contributed by atoms with van der Waals surface area (Å²) in [6.45, 7) is 1.42. The molecule has 0 aliphatic rings. The molecule has 1 amide bonds. The fourth-order valence-electron chi connectivity index (χ4n) is 2.38. The maximum Gasteiger partial charge on any atom is 0.293 e. The number of hydrogen-bond acceptors (Lipinski definition) is 6. The molecule has 0 bridgehead atoms. The topological polar surface area (TPSA) is 97.2 Å². The molecule has 0 saturated heterocycles. The van der Waals surface area contributed by atoms with E-state index in [1.165, 1.54) is 24.3 Å². The monoisotopic (exact) mass is 432 g/mol. The van der Waals surface area contributed by atoms with Crippen molar-refractivity contribution in [2.24, 2.45) is 0 Å². The Balaban J connectivity index is 2.03. The molecule has 0 spiro atoms. The van der Waals surface area contributed by atoms with Crippen LogP contribution in [0, 0.1) is 10.1 Å². The molecule has 3 rings (SSSR count). The van der Waals surface area contributed by atoms with Crippen molar-refractivity contribution < 1.29 is 9.72 Å². The van der Waals surface area contributed by atoms with Gasteiger partial charge in [-0.25, -0.2) is 4.98 Å². The zero-order chi connectivity index (χ0) is 18.7. The predicted molar refractivity (Wildman–Crippen MR) is 106 cm³/mol. The van der Waals surface area contributed by atoms with Gasteiger partial charge in [0.2, 0.25) is 5.91 Å². The Kier molecular flexibility index (Phi) is 5.29. The van der Waals surface area contributed by atoms with Gasteiger partial charge in [0.15, 0.2) is 0 Å². The number of hydrogen-bond donors (Lipinski definition) is 2. The number of nitrogens with zero attached hydrogens (tertiary/aromatic N) is 2. The predicted octanol–water partition coefficient (Wildman–Crippen LogP) is 5.18. The lowest BCUT2D eigenvalue weighted by molar-refractivity contribution is -0.384. The molecule has 0 unspecified atom stereocenters. The van der Waals surface area contributed by atoms with E-state index < -0.39 is 4.92 Å². The van der Waals surface area contributed by atoms with Gasteiger partial charge in [-0.15, -0.1) is 11.3 Å². The van der Waals surface area contributed by atoms with Crippen LogP contribution in [0.3, 0.4) is 0 Å². The molecule has 1 aromatic heterocycles. The number of benzene rings is 2. The van der Waals surface area contributed by atoms with Gasteiger partial charge in [-0.2, -0.15) is 0 Å². The third kappa shape index (κ3) is 4.24. The van der Waals surface area contributed by atoms with Crippen LogP contribution in [0.2, 0.25) is 0 Å². The fraction of sp³-hybridized carbons (Fsp3) is 0.0588. The molecule has 9 heteroatoms. The van der Waals surface area contributed by atoms with E-state index in [-0.39, 0.29) is 11.6 Å². The third-order valence-corrected chi connectivity index (χ3v) is 4.68. The van der Waals surface area contributed by atoms with Crippen LogP contribution in [0.4, 0.5) is 22.7 Å². The summed E-state index contributed by atoms with van der Waals surface area (Å²) in [5.41, 5.74) is 2.27. The van der Waals surface area contributed by atoms with Gasteiger partial charge in [-0.1, -0.05) is 15.9 Å². The van der Waals surface area contributed by atoms with Gasteiger partial charge in [-0.05, 0) is 30.3 Å². The van der Waals surface area contributed by atoms with Crippen LogP contribution in [0.5, 0.6) is 0 Å². The van der Waals surface area contributed by atoms with Crippen molar-refractivity contribution in [1.82, 2.24) is 4.98 Å². The maximum absolute atomic E-state index is 11.4. The summed E-state index contributed by atoms with van der Waals surface area (Å²) in [4.78, 5) is 26.6. The van der Waals surface area contributed by atoms with Crippen LogP contribution in [0.1, 0.15) is 6.92 Å². The van der Waals surface area contributed by atoms with Crippen LogP contribution in [0.15, 0.2) is 52.4 Å². The largest absolute Gasteiger partial charge is 0.350 e. The second-order valence-electron chi connectivity index (χ2n) is 5.36. The van der Waals surface area contributed by atoms with Gasteiger partial charge in [0.25, 0.3) is 5.69 Å². The number of nitro groups is 1. The van der Waals surface area contributed by atoms with E-state index in [4.69, 9.17) is 0 Å². The summed E-state index contributed by atoms with van der Waals surface area (Å²) in [6, 6.07) is 10.1. The lowest BCUT2D eigenvalue weighted by atomic mass is 10.1. The maximum atomic E-state index is 11.4. The number of nitro benzene ring substituents is 1. The van der Waals surface area contributed by atoms with Gasteiger partial charge in [0, 0.05) is 46.0 Å². The standard InChI is InChI=1S/C17H13BrN4O3S/c1-10(23)20-13-6-11(17-19-4-5-26-17)7-14(9-13)21-15-3-2-12(18)8-16(15)22(24)25/h2-9,21H,1H3,(H,20,23). The van der Waals surface area contributed by atoms with Crippen LogP contribution in [0.25, 0.3) is 10.6 Å². The zero-order valence-electron chi connectivity index (χ0n) is 13.5. The van der Waals surface area contributed by atoms with E-state index in [9.17, 15) is 14.9 Å². The number of carbonyl (C=O) groups is 1. The minimum atomic E-state index is -0.452. The smallest absolute Gasteiger partial charge is 0.293 e. The Morgan fingerprint density at radius 2 is 2.00 bits per heavy atom. The fourth-order valence-corrected chi connectivity index (χ4v) is 3.36. The first-order chi connectivity index (χ1) is 12.4. The quantitative estimate of drug-likeness (QED) is 0.427. The molecule has 2 N–H and O–H groups in total. The summed E-state index contributed by atoms with van der Waals surface area (Å²) < 4.78 is 0.616. The van der Waals surface area contributed by atoms with Gasteiger partial charge in [0.05, 0.1) is 4.92 Å². The van der Waals surface area contributed by atoms with Crippen LogP contribution >= 0.6 is 27.3 Å². The number of thiazole rings is 1. The van der Waals surface area contributed by atoms with E-state index in [2.05, 4.69) is 31.5 Å². The number of carbonyl (C=O) groups excluding carboxylic acids is 1. The van der Waals surface area contributed by atoms with Gasteiger partial charge < -0.3 is 10.6 Å². The van der Waals surface area contributed by atoms with Crippen molar-refractivity contribution >= 4 is 55.9 Å². The molecule has 0 radical (unpaired) electrons. The van der Waals surface area contributed by atoms with Crippen molar-refractivity contribution in [3.63, 3.8) is 0 Å². The first kappa shape index (κ1) is 18.0. The van der Waals surface area contributed by atoms with Crippen molar-refractivity contribution in [3.8, 4) is 10.6 Å². The van der Waals surface area contributed by atoms with E-state index in [1.54, 1.807) is 30.5 Å². The molecular weight excluding hydrogens is 420 g/mol. The van der Waals surface area contributed by atoms with Crippen molar-refractivity contribution in [2.75, 3.05) is 10.6 Å². The van der Waals surface area contributed by atoms with Crippen LogP contribution in [-0.4, -0.2) is 15.8 Å². The average molecular weight is 433 g/mol. The second kappa shape index (κ2) is 7.63. The molecule has 2 aromatic carbocycles. The number of nitrogens with one attached hydrogen (secondary N) is 2. The SMILES string of the molecule is CC(=O)Nc1cc(Nc2ccc(Br)cc2[N+](=O)[O-])cc(-c2nccs2)c1. The van der Waals surface area contributed by atoms with Gasteiger partial charge in [-0.3, -0.25) is 14.9 Å². The number of amides is 1. The lowest BCUT2D eigenvalue weighted by Gasteiger charge is -2.12. The molecule has 0 aliphatic heterocycles. The highest BCUT2D eigenvalue weighted by atomic mass is 79.9. The van der Waals surface area contributed by atoms with Gasteiger partial charge >= 0.3 is 0 Å². The normalized spacial score (nSPS) is 10.4. The molecule has 0 fully saturated rings. The summed E-state index contributed by atoms with van der Waals surface area (Å²) in [5, 5.41) is 19.7. The van der Waals surface area contributed by atoms with Crippen LogP contribution in [-0.2, 0) is 4.79 Å². The average Bonchev–Trinajstić information content (AvgIpc) is 3.10. The highest BCUT2D eigenvalue weighted by molar-refractivity contribution is 9.10. The Bertz CT molecular complexity index is 976. The van der Waals surface area contributed by atoms with E-state index in [0.29, 0.717) is 21.5 Å². The van der Waals surface area contributed by atoms with Gasteiger partial charge in [0.1, 0.15) is 10.7 Å². The zero-order valence-corrected chi connectivity index (χ0v) is 15.9. The summed E-state index contributed by atoms with van der Waals surface area (Å²) in [6.07, 6.45) is 1.69. The van der Waals surface area contributed by atoms with Crippen molar-refractivity contribution in [3.05, 3.63) is 62.6 Å². The highest BCUT2D eigenvalue weighted by Gasteiger charge is 2.15. The second-order valence-corrected chi connectivity index (χ2v) is 7.17. The molecule has 0 atom stereocenters. The van der Waals surface area contributed by atoms with E-state index >= 15 is 0 Å². The number of aromatic nitrogens is 1.